The summed E-state index contributed by atoms with van der Waals surface area (Å²) in [7, 11) is -3.54. The van der Waals surface area contributed by atoms with E-state index in [1.807, 2.05) is 13.0 Å². The predicted octanol–water partition coefficient (Wildman–Crippen LogP) is 2.36. The van der Waals surface area contributed by atoms with Crippen LogP contribution in [0, 0.1) is 6.92 Å². The average Bonchev–Trinajstić information content (AvgIpc) is 2.88. The van der Waals surface area contributed by atoms with Gasteiger partial charge in [0.1, 0.15) is 4.21 Å². The first kappa shape index (κ1) is 15.0. The summed E-state index contributed by atoms with van der Waals surface area (Å²) in [5, 5.41) is 3.17. The van der Waals surface area contributed by atoms with Crippen molar-refractivity contribution in [2.24, 2.45) is 0 Å². The minimum absolute atomic E-state index is 0.314. The molecule has 20 heavy (non-hydrogen) atoms. The Bertz CT molecular complexity index is 680. The van der Waals surface area contributed by atoms with Crippen molar-refractivity contribution in [3.8, 4) is 0 Å². The predicted molar refractivity (Wildman–Crippen MR) is 81.5 cm³/mol. The fourth-order valence-corrected chi connectivity index (χ4v) is 4.08. The van der Waals surface area contributed by atoms with E-state index >= 15 is 0 Å². The molecule has 0 saturated carbocycles. The van der Waals surface area contributed by atoms with Crippen LogP contribution in [-0.4, -0.2) is 19.9 Å². The van der Waals surface area contributed by atoms with Crippen LogP contribution in [0.1, 0.15) is 17.5 Å². The van der Waals surface area contributed by atoms with Gasteiger partial charge in [-0.05, 0) is 37.7 Å². The molecule has 0 atom stereocenters. The maximum atomic E-state index is 12.3. The molecule has 0 aliphatic heterocycles. The highest BCUT2D eigenvalue weighted by atomic mass is 32.2. The zero-order valence-corrected chi connectivity index (χ0v) is 13.0. The van der Waals surface area contributed by atoms with Crippen LogP contribution in [0.3, 0.4) is 0 Å². The maximum absolute atomic E-state index is 12.3. The lowest BCUT2D eigenvalue weighted by Gasteiger charge is -2.07. The minimum atomic E-state index is -3.54. The van der Waals surface area contributed by atoms with E-state index in [0.29, 0.717) is 22.1 Å². The third-order valence-corrected chi connectivity index (χ3v) is 5.64. The molecule has 5 nitrogen and oxygen atoms in total. The van der Waals surface area contributed by atoms with Gasteiger partial charge in [0.25, 0.3) is 10.0 Å². The standard InChI is InChI=1S/C13H17N3O2S2/c1-3-14-9-11-6-7-13(19-11)20(17,18)16-12-5-4-8-15-10(12)2/h4-8,14,16H,3,9H2,1-2H3. The van der Waals surface area contributed by atoms with E-state index in [9.17, 15) is 8.42 Å². The third kappa shape index (κ3) is 3.56. The number of nitrogens with one attached hydrogen (secondary N) is 2. The van der Waals surface area contributed by atoms with Gasteiger partial charge in [0, 0.05) is 17.6 Å². The molecule has 2 aromatic heterocycles. The minimum Gasteiger partial charge on any atom is -0.312 e. The quantitative estimate of drug-likeness (QED) is 0.859. The second kappa shape index (κ2) is 6.34. The molecule has 0 fully saturated rings. The topological polar surface area (TPSA) is 71.1 Å². The van der Waals surface area contributed by atoms with E-state index in [2.05, 4.69) is 15.0 Å². The summed E-state index contributed by atoms with van der Waals surface area (Å²) in [6, 6.07) is 6.87. The molecule has 2 rings (SSSR count). The smallest absolute Gasteiger partial charge is 0.271 e. The lowest BCUT2D eigenvalue weighted by molar-refractivity contribution is 0.603. The van der Waals surface area contributed by atoms with Gasteiger partial charge in [0.15, 0.2) is 0 Å². The van der Waals surface area contributed by atoms with Crippen LogP contribution in [0.4, 0.5) is 5.69 Å². The molecule has 2 N–H and O–H groups in total. The number of aryl methyl sites for hydroxylation is 1. The van der Waals surface area contributed by atoms with Crippen molar-refractivity contribution < 1.29 is 8.42 Å². The third-order valence-electron chi connectivity index (χ3n) is 2.70. The largest absolute Gasteiger partial charge is 0.312 e. The van der Waals surface area contributed by atoms with Gasteiger partial charge in [-0.2, -0.15) is 0 Å². The molecule has 0 aliphatic rings. The van der Waals surface area contributed by atoms with Gasteiger partial charge in [-0.15, -0.1) is 11.3 Å². The normalized spacial score (nSPS) is 11.5. The Kier molecular flexibility index (Phi) is 4.74. The number of rotatable bonds is 6. The number of thiophene rings is 1. The maximum Gasteiger partial charge on any atom is 0.271 e. The van der Waals surface area contributed by atoms with Crippen molar-refractivity contribution in [1.82, 2.24) is 10.3 Å². The molecule has 2 aromatic rings. The van der Waals surface area contributed by atoms with Crippen molar-refractivity contribution in [2.75, 3.05) is 11.3 Å². The van der Waals surface area contributed by atoms with Crippen LogP contribution in [0.15, 0.2) is 34.7 Å². The fraction of sp³-hybridized carbons (Fsp3) is 0.308. The monoisotopic (exact) mass is 311 g/mol. The zero-order valence-electron chi connectivity index (χ0n) is 11.4. The Morgan fingerprint density at radius 1 is 1.30 bits per heavy atom. The Hall–Kier alpha value is -1.44. The Labute approximate surface area is 123 Å². The number of sulfonamides is 1. The summed E-state index contributed by atoms with van der Waals surface area (Å²) < 4.78 is 27.5. The van der Waals surface area contributed by atoms with Crippen molar-refractivity contribution in [3.63, 3.8) is 0 Å². The Morgan fingerprint density at radius 3 is 2.80 bits per heavy atom. The number of aromatic nitrogens is 1. The molecule has 0 aromatic carbocycles. The van der Waals surface area contributed by atoms with Crippen molar-refractivity contribution >= 4 is 27.0 Å². The molecule has 0 bridgehead atoms. The van der Waals surface area contributed by atoms with Crippen LogP contribution in [-0.2, 0) is 16.6 Å². The highest BCUT2D eigenvalue weighted by molar-refractivity contribution is 7.94. The van der Waals surface area contributed by atoms with Gasteiger partial charge >= 0.3 is 0 Å². The van der Waals surface area contributed by atoms with E-state index in [1.165, 1.54) is 11.3 Å². The SMILES string of the molecule is CCNCc1ccc(S(=O)(=O)Nc2cccnc2C)s1. The van der Waals surface area contributed by atoms with Crippen molar-refractivity contribution in [1.29, 1.82) is 0 Å². The Balaban J connectivity index is 2.18. The lowest BCUT2D eigenvalue weighted by Crippen LogP contribution is -2.13. The molecule has 108 valence electrons. The number of anilines is 1. The highest BCUT2D eigenvalue weighted by Gasteiger charge is 2.17. The van der Waals surface area contributed by atoms with Gasteiger partial charge in [-0.1, -0.05) is 6.92 Å². The summed E-state index contributed by atoms with van der Waals surface area (Å²) in [5.41, 5.74) is 1.16. The van der Waals surface area contributed by atoms with Gasteiger partial charge < -0.3 is 5.32 Å². The van der Waals surface area contributed by atoms with Crippen LogP contribution in [0.5, 0.6) is 0 Å². The van der Waals surface area contributed by atoms with Crippen LogP contribution in [0.25, 0.3) is 0 Å². The number of hydrogen-bond acceptors (Lipinski definition) is 5. The van der Waals surface area contributed by atoms with Gasteiger partial charge in [0.2, 0.25) is 0 Å². The molecule has 0 unspecified atom stereocenters. The Morgan fingerprint density at radius 2 is 2.10 bits per heavy atom. The fourth-order valence-electron chi connectivity index (χ4n) is 1.63. The summed E-state index contributed by atoms with van der Waals surface area (Å²) in [6.07, 6.45) is 1.63. The van der Waals surface area contributed by atoms with E-state index in [-0.39, 0.29) is 0 Å². The number of pyridine rings is 1. The molecule has 0 saturated heterocycles. The first-order chi connectivity index (χ1) is 9.53. The second-order valence-corrected chi connectivity index (χ2v) is 7.32. The first-order valence-corrected chi connectivity index (χ1v) is 8.57. The summed E-state index contributed by atoms with van der Waals surface area (Å²) in [5.74, 6) is 0. The summed E-state index contributed by atoms with van der Waals surface area (Å²) in [6.45, 7) is 5.32. The van der Waals surface area contributed by atoms with Crippen LogP contribution < -0.4 is 10.0 Å². The van der Waals surface area contributed by atoms with Crippen molar-refractivity contribution in [2.45, 2.75) is 24.6 Å². The van der Waals surface area contributed by atoms with E-state index < -0.39 is 10.0 Å². The molecule has 0 amide bonds. The zero-order chi connectivity index (χ0) is 14.6. The number of nitrogens with zero attached hydrogens (tertiary/aromatic N) is 1. The molecular formula is C13H17N3O2S2. The highest BCUT2D eigenvalue weighted by Crippen LogP contribution is 2.24. The number of hydrogen-bond donors (Lipinski definition) is 2. The van der Waals surface area contributed by atoms with Gasteiger partial charge in [-0.3, -0.25) is 9.71 Å². The van der Waals surface area contributed by atoms with Gasteiger partial charge in [-0.25, -0.2) is 8.42 Å². The molecule has 2 heterocycles. The second-order valence-electron chi connectivity index (χ2n) is 4.24. The van der Waals surface area contributed by atoms with E-state index in [1.54, 1.807) is 31.3 Å². The average molecular weight is 311 g/mol. The summed E-state index contributed by atoms with van der Waals surface area (Å²) >= 11 is 1.27. The van der Waals surface area contributed by atoms with Crippen LogP contribution in [0.2, 0.25) is 0 Å². The molecule has 0 aliphatic carbocycles. The lowest BCUT2D eigenvalue weighted by atomic mass is 10.3. The molecule has 0 spiro atoms. The summed E-state index contributed by atoms with van der Waals surface area (Å²) in [4.78, 5) is 5.06. The van der Waals surface area contributed by atoms with Crippen LogP contribution >= 0.6 is 11.3 Å². The molecule has 7 heteroatoms. The molecule has 0 radical (unpaired) electrons. The van der Waals surface area contributed by atoms with E-state index in [4.69, 9.17) is 0 Å². The van der Waals surface area contributed by atoms with Crippen molar-refractivity contribution in [3.05, 3.63) is 41.0 Å². The van der Waals surface area contributed by atoms with E-state index in [0.717, 1.165) is 11.4 Å². The first-order valence-electron chi connectivity index (χ1n) is 6.27. The molecular weight excluding hydrogens is 294 g/mol. The van der Waals surface area contributed by atoms with Gasteiger partial charge in [0.05, 0.1) is 11.4 Å².